The highest BCUT2D eigenvalue weighted by Crippen LogP contribution is 2.45. The van der Waals surface area contributed by atoms with Crippen LogP contribution in [-0.2, 0) is 0 Å². The molecule has 0 bridgehead atoms. The van der Waals surface area contributed by atoms with Crippen molar-refractivity contribution in [3.05, 3.63) is 297 Å². The molecule has 0 unspecified atom stereocenters. The molecule has 1 aromatic heterocycles. The Hall–Kier alpha value is -10.1. The molecule has 0 spiro atoms. The number of aromatic nitrogens is 1. The van der Waals surface area contributed by atoms with Gasteiger partial charge in [-0.2, -0.15) is 0 Å². The molecule has 1 heterocycles. The summed E-state index contributed by atoms with van der Waals surface area (Å²) < 4.78 is 2.45. The lowest BCUT2D eigenvalue weighted by atomic mass is 9.87. The lowest BCUT2D eigenvalue weighted by Crippen LogP contribution is -1.94. The van der Waals surface area contributed by atoms with Gasteiger partial charge in [0.05, 0.1) is 11.0 Å². The summed E-state index contributed by atoms with van der Waals surface area (Å²) >= 11 is 0. The van der Waals surface area contributed by atoms with Gasteiger partial charge in [0.1, 0.15) is 0 Å². The lowest BCUT2D eigenvalue weighted by Gasteiger charge is -2.16. The number of fused-ring (bicyclic) bond motifs is 9. The van der Waals surface area contributed by atoms with Crippen molar-refractivity contribution in [2.24, 2.45) is 0 Å². The average Bonchev–Trinajstić information content (AvgIpc) is 3.84. The van der Waals surface area contributed by atoms with Gasteiger partial charge in [0, 0.05) is 16.5 Å². The predicted molar refractivity (Wildman–Crippen MR) is 329 cm³/mol. The van der Waals surface area contributed by atoms with Crippen LogP contribution in [0.25, 0.3) is 148 Å². The fourth-order valence-corrected chi connectivity index (χ4v) is 12.3. The Bertz CT molecular complexity index is 4500. The number of rotatable bonds is 8. The van der Waals surface area contributed by atoms with Gasteiger partial charge in [0.2, 0.25) is 0 Å². The zero-order valence-corrected chi connectivity index (χ0v) is 42.2. The van der Waals surface area contributed by atoms with Gasteiger partial charge >= 0.3 is 0 Å². The van der Waals surface area contributed by atoms with Crippen molar-refractivity contribution in [1.82, 2.24) is 4.57 Å². The maximum atomic E-state index is 2.45. The highest BCUT2D eigenvalue weighted by molar-refractivity contribution is 6.16. The van der Waals surface area contributed by atoms with E-state index >= 15 is 0 Å². The Labute approximate surface area is 447 Å². The highest BCUT2D eigenvalue weighted by atomic mass is 15.0. The smallest absolute Gasteiger partial charge is 0.0541 e. The minimum Gasteiger partial charge on any atom is -0.309 e. The van der Waals surface area contributed by atoms with Crippen LogP contribution in [-0.4, -0.2) is 4.57 Å². The van der Waals surface area contributed by atoms with Crippen LogP contribution in [0.15, 0.2) is 297 Å². The molecule has 1 nitrogen and oxygen atoms in total. The summed E-state index contributed by atoms with van der Waals surface area (Å²) in [5.74, 6) is 0. The van der Waals surface area contributed by atoms with Crippen molar-refractivity contribution in [2.75, 3.05) is 0 Å². The van der Waals surface area contributed by atoms with E-state index in [0.29, 0.717) is 0 Å². The molecule has 15 rings (SSSR count). The first-order valence-corrected chi connectivity index (χ1v) is 26.6. The molecule has 0 saturated heterocycles. The zero-order valence-electron chi connectivity index (χ0n) is 42.2. The molecule has 0 saturated carbocycles. The molecule has 0 N–H and O–H groups in total. The largest absolute Gasteiger partial charge is 0.309 e. The first kappa shape index (κ1) is 44.4. The molecule has 0 aliphatic rings. The molecule has 15 aromatic rings. The van der Waals surface area contributed by atoms with Crippen molar-refractivity contribution >= 4 is 64.9 Å². The van der Waals surface area contributed by atoms with E-state index in [-0.39, 0.29) is 0 Å². The van der Waals surface area contributed by atoms with Crippen molar-refractivity contribution in [2.45, 2.75) is 0 Å². The van der Waals surface area contributed by atoms with Crippen LogP contribution in [0.1, 0.15) is 0 Å². The molecule has 0 amide bonds. The molecule has 1 heteroatoms. The third kappa shape index (κ3) is 7.63. The van der Waals surface area contributed by atoms with Crippen LogP contribution in [0.3, 0.4) is 0 Å². The minimum absolute atomic E-state index is 1.12. The van der Waals surface area contributed by atoms with Gasteiger partial charge < -0.3 is 4.57 Å². The van der Waals surface area contributed by atoms with Crippen LogP contribution in [0.4, 0.5) is 0 Å². The highest BCUT2D eigenvalue weighted by Gasteiger charge is 2.20. The van der Waals surface area contributed by atoms with Crippen LogP contribution < -0.4 is 0 Å². The SMILES string of the molecule is c1ccc(-c2ccc(-n3c4ccc(-c5ccc(-c6cc7ccccc7c7ccccc67)cc5-c5ccccc5)cc4c4cc(-c5ccc(-c6cc7ccccc7c7ccccc67)cc5-c5ccccc5)ccc43)cc2)cc1. The van der Waals surface area contributed by atoms with E-state index < -0.39 is 0 Å². The van der Waals surface area contributed by atoms with Crippen molar-refractivity contribution < 1.29 is 0 Å². The van der Waals surface area contributed by atoms with Crippen LogP contribution in [0, 0.1) is 0 Å². The van der Waals surface area contributed by atoms with Gasteiger partial charge in [-0.15, -0.1) is 0 Å². The second-order valence-corrected chi connectivity index (χ2v) is 20.3. The van der Waals surface area contributed by atoms with Gasteiger partial charge in [-0.05, 0) is 182 Å². The Kier molecular flexibility index (Phi) is 10.6. The number of hydrogen-bond acceptors (Lipinski definition) is 0. The van der Waals surface area contributed by atoms with Gasteiger partial charge in [-0.1, -0.05) is 237 Å². The van der Waals surface area contributed by atoms with Crippen LogP contribution in [0.5, 0.6) is 0 Å². The van der Waals surface area contributed by atoms with Crippen LogP contribution >= 0.6 is 0 Å². The predicted octanol–water partition coefficient (Wildman–Crippen LogP) is 21.1. The van der Waals surface area contributed by atoms with Crippen LogP contribution in [0.2, 0.25) is 0 Å². The van der Waals surface area contributed by atoms with E-state index in [0.717, 1.165) is 16.7 Å². The van der Waals surface area contributed by atoms with E-state index in [4.69, 9.17) is 0 Å². The third-order valence-electron chi connectivity index (χ3n) is 16.0. The monoisotopic (exact) mass is 975 g/mol. The summed E-state index contributed by atoms with van der Waals surface area (Å²) in [6.45, 7) is 0. The summed E-state index contributed by atoms with van der Waals surface area (Å²) in [7, 11) is 0. The Morgan fingerprint density at radius 3 is 0.961 bits per heavy atom. The molecule has 0 aliphatic heterocycles. The summed E-state index contributed by atoms with van der Waals surface area (Å²) in [6, 6.07) is 110. The molecule has 0 aliphatic carbocycles. The third-order valence-corrected chi connectivity index (χ3v) is 16.0. The molecular formula is C76H49N. The van der Waals surface area contributed by atoms with E-state index in [2.05, 4.69) is 302 Å². The summed E-state index contributed by atoms with van der Waals surface area (Å²) in [5, 5.41) is 12.5. The molecule has 358 valence electrons. The number of benzene rings is 14. The van der Waals surface area contributed by atoms with Crippen molar-refractivity contribution in [1.29, 1.82) is 0 Å². The lowest BCUT2D eigenvalue weighted by molar-refractivity contribution is 1.18. The molecule has 77 heavy (non-hydrogen) atoms. The summed E-state index contributed by atoms with van der Waals surface area (Å²) in [5.41, 5.74) is 20.2. The first-order chi connectivity index (χ1) is 38.2. The minimum atomic E-state index is 1.12. The number of nitrogens with zero attached hydrogens (tertiary/aromatic N) is 1. The normalized spacial score (nSPS) is 11.6. The van der Waals surface area contributed by atoms with Crippen molar-refractivity contribution in [3.63, 3.8) is 0 Å². The first-order valence-electron chi connectivity index (χ1n) is 26.6. The maximum absolute atomic E-state index is 2.45. The fourth-order valence-electron chi connectivity index (χ4n) is 12.3. The number of hydrogen-bond donors (Lipinski definition) is 0. The molecule has 0 radical (unpaired) electrons. The molecule has 14 aromatic carbocycles. The Morgan fingerprint density at radius 2 is 0.506 bits per heavy atom. The van der Waals surface area contributed by atoms with Gasteiger partial charge in [0.15, 0.2) is 0 Å². The van der Waals surface area contributed by atoms with E-state index in [1.54, 1.807) is 0 Å². The fraction of sp³-hybridized carbons (Fsp3) is 0. The zero-order chi connectivity index (χ0) is 50.8. The van der Waals surface area contributed by atoms with Gasteiger partial charge in [0.25, 0.3) is 0 Å². The average molecular weight is 976 g/mol. The van der Waals surface area contributed by atoms with E-state index in [9.17, 15) is 0 Å². The molecule has 0 fully saturated rings. The van der Waals surface area contributed by atoms with Gasteiger partial charge in [-0.25, -0.2) is 0 Å². The molecular weight excluding hydrogens is 927 g/mol. The van der Waals surface area contributed by atoms with Gasteiger partial charge in [-0.3, -0.25) is 0 Å². The van der Waals surface area contributed by atoms with Crippen molar-refractivity contribution in [3.8, 4) is 83.6 Å². The van der Waals surface area contributed by atoms with E-state index in [1.165, 1.54) is 132 Å². The summed E-state index contributed by atoms with van der Waals surface area (Å²) in [6.07, 6.45) is 0. The topological polar surface area (TPSA) is 4.93 Å². The summed E-state index contributed by atoms with van der Waals surface area (Å²) in [4.78, 5) is 0. The Balaban J connectivity index is 0.934. The quantitative estimate of drug-likeness (QED) is 0.134. The van der Waals surface area contributed by atoms with E-state index in [1.807, 2.05) is 0 Å². The second-order valence-electron chi connectivity index (χ2n) is 20.3. The molecule has 0 atom stereocenters. The maximum Gasteiger partial charge on any atom is 0.0541 e. The standard InChI is InChI=1S/C76H49N/c1-4-18-50(19-5-1)51-32-38-60(39-33-51)77-75-42-36-56(63-40-34-58(46-69(63)52-20-6-2-7-21-52)71-44-54-24-10-12-26-61(54)65-28-14-16-30-67(65)71)48-73(75)74-49-57(37-43-76(74)77)64-41-35-59(47-70(64)53-22-8-3-9-23-53)72-45-55-25-11-13-27-62(55)66-29-15-17-31-68(66)72/h1-49H. The second kappa shape index (κ2) is 18.4. The Morgan fingerprint density at radius 1 is 0.169 bits per heavy atom.